The fraction of sp³-hybridized carbons (Fsp3) is 0.0714. The highest BCUT2D eigenvalue weighted by atomic mass is 35.5. The molecule has 5 nitrogen and oxygen atoms in total. The number of halogens is 2. The van der Waals surface area contributed by atoms with Gasteiger partial charge >= 0.3 is 5.97 Å². The molecule has 0 atom stereocenters. The summed E-state index contributed by atoms with van der Waals surface area (Å²) in [5, 5.41) is 12.9. The maximum Gasteiger partial charge on any atom is 0.348 e. The number of hydrogen-bond acceptors (Lipinski definition) is 4. The molecule has 0 aliphatic rings. The summed E-state index contributed by atoms with van der Waals surface area (Å²) in [5.74, 6) is 2.25. The summed E-state index contributed by atoms with van der Waals surface area (Å²) in [6.07, 6.45) is 1.43. The van der Waals surface area contributed by atoms with Crippen molar-refractivity contribution < 1.29 is 14.1 Å². The highest BCUT2D eigenvalue weighted by molar-refractivity contribution is 7.72. The number of nitrogens with zero attached hydrogens (tertiary/aromatic N) is 1. The quantitative estimate of drug-likeness (QED) is 0.129. The van der Waals surface area contributed by atoms with Gasteiger partial charge in [0, 0.05) is 17.3 Å². The first-order valence-corrected chi connectivity index (χ1v) is 13.6. The van der Waals surface area contributed by atoms with Crippen LogP contribution in [0.15, 0.2) is 102 Å². The van der Waals surface area contributed by atoms with Crippen LogP contribution in [0.2, 0.25) is 0 Å². The molecular weight excluding hydrogens is 514 g/mol. The maximum absolute atomic E-state index is 14.1. The van der Waals surface area contributed by atoms with Gasteiger partial charge in [-0.15, -0.1) is 0 Å². The number of esters is 1. The molecule has 36 heavy (non-hydrogen) atoms. The second-order valence-electron chi connectivity index (χ2n) is 7.52. The van der Waals surface area contributed by atoms with Crippen LogP contribution in [0, 0.1) is 11.3 Å². The first-order valence-electron chi connectivity index (χ1n) is 11.0. The number of hydrogen-bond donors (Lipinski definition) is 1. The molecule has 0 aromatic heterocycles. The molecule has 0 unspecified atom stereocenters. The molecule has 0 fully saturated rings. The van der Waals surface area contributed by atoms with Gasteiger partial charge < -0.3 is 9.82 Å². The molecule has 0 saturated carbocycles. The van der Waals surface area contributed by atoms with E-state index in [4.69, 9.17) is 27.9 Å². The van der Waals surface area contributed by atoms with Crippen LogP contribution >= 0.6 is 30.5 Å². The fourth-order valence-corrected chi connectivity index (χ4v) is 6.00. The van der Waals surface area contributed by atoms with Crippen molar-refractivity contribution in [1.82, 2.24) is 0 Å². The van der Waals surface area contributed by atoms with Gasteiger partial charge in [0.2, 0.25) is 7.29 Å². The SMILES string of the molecule is CCOC(=O)C(C#N)=Cc1ccc(NP(=O)(C=C(Cl)c2ccccc2)C=C(Cl)c2ccccc2)cc1. The van der Waals surface area contributed by atoms with E-state index in [9.17, 15) is 14.6 Å². The molecule has 3 aromatic rings. The minimum Gasteiger partial charge on any atom is -0.462 e. The van der Waals surface area contributed by atoms with Gasteiger partial charge in [-0.1, -0.05) is 96.0 Å². The topological polar surface area (TPSA) is 79.2 Å². The molecule has 0 radical (unpaired) electrons. The molecule has 8 heteroatoms. The third-order valence-corrected chi connectivity index (χ3v) is 7.70. The Balaban J connectivity index is 1.95. The van der Waals surface area contributed by atoms with E-state index >= 15 is 0 Å². The van der Waals surface area contributed by atoms with Crippen LogP contribution in [0.5, 0.6) is 0 Å². The number of ether oxygens (including phenoxy) is 1. The first kappa shape index (κ1) is 27.0. The standard InChI is InChI=1S/C28H23Cl2N2O3P/c1-2-35-28(33)24(18-31)17-21-13-15-25(16-14-21)32-36(34,19-26(29)22-9-5-3-6-10-22)20-27(30)23-11-7-4-8-12-23/h3-17,19-20H,2H2,1H3,(H,32,34). The Labute approximate surface area is 220 Å². The second-order valence-corrected chi connectivity index (χ2v) is 10.5. The van der Waals surface area contributed by atoms with Gasteiger partial charge in [0.05, 0.1) is 16.7 Å². The van der Waals surface area contributed by atoms with E-state index in [0.717, 1.165) is 0 Å². The number of anilines is 1. The molecule has 0 heterocycles. The van der Waals surface area contributed by atoms with Gasteiger partial charge in [0.1, 0.15) is 11.6 Å². The summed E-state index contributed by atoms with van der Waals surface area (Å²) in [5.41, 5.74) is 2.46. The third kappa shape index (κ3) is 7.73. The Kier molecular flexibility index (Phi) is 9.73. The van der Waals surface area contributed by atoms with E-state index in [-0.39, 0.29) is 12.2 Å². The van der Waals surface area contributed by atoms with Gasteiger partial charge in [0.25, 0.3) is 0 Å². The monoisotopic (exact) mass is 536 g/mol. The lowest BCUT2D eigenvalue weighted by Gasteiger charge is -2.16. The van der Waals surface area contributed by atoms with Crippen molar-refractivity contribution >= 4 is 58.3 Å². The molecule has 0 aliphatic carbocycles. The molecule has 1 N–H and O–H groups in total. The minimum absolute atomic E-state index is 0.113. The van der Waals surface area contributed by atoms with E-state index in [1.807, 2.05) is 66.7 Å². The molecule has 0 saturated heterocycles. The lowest BCUT2D eigenvalue weighted by molar-refractivity contribution is -0.137. The summed E-state index contributed by atoms with van der Waals surface area (Å²) in [7, 11) is -3.44. The van der Waals surface area contributed by atoms with Crippen molar-refractivity contribution in [3.63, 3.8) is 0 Å². The summed E-state index contributed by atoms with van der Waals surface area (Å²) in [6, 6.07) is 27.0. The Hall–Kier alpha value is -3.55. The van der Waals surface area contributed by atoms with Crippen LogP contribution in [0.1, 0.15) is 23.6 Å². The maximum atomic E-state index is 14.1. The molecule has 0 amide bonds. The van der Waals surface area contributed by atoms with Crippen LogP contribution in [-0.4, -0.2) is 12.6 Å². The Bertz CT molecular complexity index is 1320. The predicted octanol–water partition coefficient (Wildman–Crippen LogP) is 8.32. The van der Waals surface area contributed by atoms with Gasteiger partial charge in [0.15, 0.2) is 0 Å². The van der Waals surface area contributed by atoms with E-state index in [2.05, 4.69) is 5.09 Å². The van der Waals surface area contributed by atoms with Crippen molar-refractivity contribution in [3.05, 3.63) is 119 Å². The van der Waals surface area contributed by atoms with Gasteiger partial charge in [-0.3, -0.25) is 4.57 Å². The number of carbonyl (C=O) groups excluding carboxylic acids is 1. The van der Waals surface area contributed by atoms with Crippen molar-refractivity contribution in [1.29, 1.82) is 5.26 Å². The summed E-state index contributed by atoms with van der Waals surface area (Å²) < 4.78 is 19.0. The Morgan fingerprint density at radius 3 is 1.86 bits per heavy atom. The molecular formula is C28H23Cl2N2O3P. The highest BCUT2D eigenvalue weighted by Crippen LogP contribution is 2.53. The van der Waals surface area contributed by atoms with Crippen LogP contribution in [0.25, 0.3) is 16.1 Å². The molecule has 3 rings (SSSR count). The smallest absolute Gasteiger partial charge is 0.348 e. The number of nitriles is 1. The van der Waals surface area contributed by atoms with E-state index < -0.39 is 13.3 Å². The van der Waals surface area contributed by atoms with Crippen molar-refractivity contribution in [2.45, 2.75) is 6.92 Å². The summed E-state index contributed by atoms with van der Waals surface area (Å²) in [4.78, 5) is 11.9. The van der Waals surface area contributed by atoms with Gasteiger partial charge in [-0.25, -0.2) is 4.79 Å². The average molecular weight is 537 g/mol. The van der Waals surface area contributed by atoms with Gasteiger partial charge in [-0.05, 0) is 41.8 Å². The number of benzene rings is 3. The molecule has 3 aromatic carbocycles. The highest BCUT2D eigenvalue weighted by Gasteiger charge is 2.20. The second kappa shape index (κ2) is 13.0. The summed E-state index contributed by atoms with van der Waals surface area (Å²) in [6.45, 7) is 1.84. The molecule has 0 aliphatic heterocycles. The van der Waals surface area contributed by atoms with Crippen LogP contribution < -0.4 is 5.09 Å². The Morgan fingerprint density at radius 2 is 1.42 bits per heavy atom. The zero-order valence-corrected chi connectivity index (χ0v) is 21.8. The number of carbonyl (C=O) groups is 1. The lowest BCUT2D eigenvalue weighted by atomic mass is 10.1. The number of nitrogens with one attached hydrogen (secondary N) is 1. The lowest BCUT2D eigenvalue weighted by Crippen LogP contribution is -2.05. The Morgan fingerprint density at radius 1 is 0.917 bits per heavy atom. The molecule has 0 spiro atoms. The van der Waals surface area contributed by atoms with Gasteiger partial charge in [-0.2, -0.15) is 5.26 Å². The number of rotatable bonds is 9. The normalized spacial score (nSPS) is 13.9. The molecule has 182 valence electrons. The van der Waals surface area contributed by atoms with E-state index in [1.54, 1.807) is 31.2 Å². The zero-order valence-electron chi connectivity index (χ0n) is 19.4. The minimum atomic E-state index is -3.44. The first-order chi connectivity index (χ1) is 17.3. The summed E-state index contributed by atoms with van der Waals surface area (Å²) >= 11 is 13.1. The largest absolute Gasteiger partial charge is 0.462 e. The van der Waals surface area contributed by atoms with Crippen molar-refractivity contribution in [2.24, 2.45) is 0 Å². The van der Waals surface area contributed by atoms with E-state index in [0.29, 0.717) is 32.4 Å². The molecule has 0 bridgehead atoms. The van der Waals surface area contributed by atoms with E-state index in [1.165, 1.54) is 17.7 Å². The van der Waals surface area contributed by atoms with Crippen molar-refractivity contribution in [2.75, 3.05) is 11.7 Å². The average Bonchev–Trinajstić information content (AvgIpc) is 2.89. The third-order valence-electron chi connectivity index (χ3n) is 4.85. The fourth-order valence-electron chi connectivity index (χ4n) is 3.15. The van der Waals surface area contributed by atoms with Crippen LogP contribution in [0.4, 0.5) is 5.69 Å². The van der Waals surface area contributed by atoms with Crippen LogP contribution in [-0.2, 0) is 14.1 Å². The van der Waals surface area contributed by atoms with Crippen LogP contribution in [0.3, 0.4) is 0 Å². The zero-order chi connectivity index (χ0) is 26.0. The van der Waals surface area contributed by atoms with Crippen molar-refractivity contribution in [3.8, 4) is 6.07 Å². The predicted molar refractivity (Wildman–Crippen MR) is 148 cm³/mol.